The van der Waals surface area contributed by atoms with Crippen molar-refractivity contribution in [2.75, 3.05) is 19.7 Å². The van der Waals surface area contributed by atoms with Gasteiger partial charge in [0.1, 0.15) is 12.7 Å². The number of carbonyl (C=O) groups excluding carboxylic acids is 4. The molecule has 0 aliphatic carbocycles. The van der Waals surface area contributed by atoms with Crippen LogP contribution in [-0.4, -0.2) is 88.8 Å². The number of aromatic nitrogens is 1. The fourth-order valence-electron chi connectivity index (χ4n) is 5.62. The molecule has 1 aromatic heterocycles. The zero-order chi connectivity index (χ0) is 29.1. The Morgan fingerprint density at radius 2 is 1.57 bits per heavy atom. The van der Waals surface area contributed by atoms with E-state index >= 15 is 0 Å². The van der Waals surface area contributed by atoms with Crippen molar-refractivity contribution in [2.24, 2.45) is 5.92 Å². The number of nitrogens with one attached hydrogen (secondary N) is 1. The van der Waals surface area contributed by atoms with Crippen LogP contribution in [0.4, 0.5) is 0 Å². The lowest BCUT2D eigenvalue weighted by atomic mass is 9.83. The van der Waals surface area contributed by atoms with Gasteiger partial charge >= 0.3 is 23.9 Å². The zero-order valence-corrected chi connectivity index (χ0v) is 23.5. The Hall–Kier alpha value is -3.52. The quantitative estimate of drug-likeness (QED) is 0.278. The second kappa shape index (κ2) is 12.3. The summed E-state index contributed by atoms with van der Waals surface area (Å²) in [4.78, 5) is 62.0. The number of thiocarbonyl (C=S) groups is 1. The first-order valence-corrected chi connectivity index (χ1v) is 13.4. The molecular weight excluding hydrogens is 546 g/mol. The summed E-state index contributed by atoms with van der Waals surface area (Å²) < 4.78 is 29.4. The fourth-order valence-corrected chi connectivity index (χ4v) is 5.89. The van der Waals surface area contributed by atoms with Crippen LogP contribution in [0.3, 0.4) is 0 Å². The Kier molecular flexibility index (Phi) is 9.08. The van der Waals surface area contributed by atoms with Gasteiger partial charge in [-0.15, -0.1) is 0 Å². The van der Waals surface area contributed by atoms with Crippen molar-refractivity contribution in [1.29, 1.82) is 0 Å². The number of likely N-dealkylation sites (tertiary alicyclic amines) is 1. The lowest BCUT2D eigenvalue weighted by Crippen LogP contribution is -2.67. The highest BCUT2D eigenvalue weighted by molar-refractivity contribution is 7.80. The molecule has 4 rings (SSSR count). The first-order valence-electron chi connectivity index (χ1n) is 13.0. The van der Waals surface area contributed by atoms with Crippen molar-refractivity contribution < 1.29 is 42.9 Å². The maximum absolute atomic E-state index is 12.4. The van der Waals surface area contributed by atoms with Crippen molar-refractivity contribution in [2.45, 2.75) is 77.2 Å². The van der Waals surface area contributed by atoms with Gasteiger partial charge in [-0.1, -0.05) is 6.07 Å². The zero-order valence-electron chi connectivity index (χ0n) is 22.7. The van der Waals surface area contributed by atoms with E-state index in [-0.39, 0.29) is 24.0 Å². The molecule has 4 heterocycles. The van der Waals surface area contributed by atoms with Crippen LogP contribution in [0.25, 0.3) is 0 Å². The molecular formula is C26H33N3O10S. The SMILES string of the molecule is CC(=O)OC[C@H]1O[C@@H](NC(=S)N2C[C@@H]3C[C@@H](C2)c2cccc(=O)n2C3)[C@@H](OC(C)=O)[C@H](OC(C)=O)[C@@H]1OC(C)=O. The van der Waals surface area contributed by atoms with Gasteiger partial charge in [0.15, 0.2) is 29.7 Å². The number of hydrogen-bond acceptors (Lipinski definition) is 11. The minimum Gasteiger partial charge on any atom is -0.463 e. The van der Waals surface area contributed by atoms with E-state index in [0.717, 1.165) is 26.0 Å². The molecule has 14 heteroatoms. The number of pyridine rings is 1. The molecule has 2 saturated heterocycles. The van der Waals surface area contributed by atoms with E-state index in [0.29, 0.717) is 24.7 Å². The number of fused-ring (bicyclic) bond motifs is 4. The van der Waals surface area contributed by atoms with Crippen LogP contribution in [0.15, 0.2) is 23.0 Å². The summed E-state index contributed by atoms with van der Waals surface area (Å²) in [5, 5.41) is 3.37. The Bertz CT molecular complexity index is 1240. The molecule has 0 spiro atoms. The molecule has 2 bridgehead atoms. The fraction of sp³-hybridized carbons (Fsp3) is 0.615. The van der Waals surface area contributed by atoms with E-state index in [4.69, 9.17) is 35.9 Å². The summed E-state index contributed by atoms with van der Waals surface area (Å²) in [6.07, 6.45) is -5.11. The maximum Gasteiger partial charge on any atom is 0.303 e. The highest BCUT2D eigenvalue weighted by Crippen LogP contribution is 2.35. The molecule has 0 radical (unpaired) electrons. The first kappa shape index (κ1) is 29.5. The number of rotatable bonds is 6. The number of hydrogen-bond donors (Lipinski definition) is 1. The van der Waals surface area contributed by atoms with Crippen molar-refractivity contribution >= 4 is 41.2 Å². The second-order valence-electron chi connectivity index (χ2n) is 10.2. The largest absolute Gasteiger partial charge is 0.463 e. The average Bonchev–Trinajstić information content (AvgIpc) is 2.86. The molecule has 1 N–H and O–H groups in total. The lowest BCUT2D eigenvalue weighted by molar-refractivity contribution is -0.255. The molecule has 0 unspecified atom stereocenters. The predicted molar refractivity (Wildman–Crippen MR) is 141 cm³/mol. The normalized spacial score (nSPS) is 28.9. The van der Waals surface area contributed by atoms with E-state index in [9.17, 15) is 24.0 Å². The molecule has 7 atom stereocenters. The third-order valence-corrected chi connectivity index (χ3v) is 7.40. The highest BCUT2D eigenvalue weighted by atomic mass is 32.1. The van der Waals surface area contributed by atoms with Crippen LogP contribution in [0.2, 0.25) is 0 Å². The second-order valence-corrected chi connectivity index (χ2v) is 10.6. The van der Waals surface area contributed by atoms with Crippen LogP contribution >= 0.6 is 12.2 Å². The lowest BCUT2D eigenvalue weighted by Gasteiger charge is -2.47. The standard InChI is InChI=1S/C26H33N3O10S/c1-13(30)35-12-20-22(36-14(2)31)23(37-15(3)32)24(38-16(4)33)25(39-20)27-26(40)28-9-17-8-18(11-28)19-6-5-7-21(34)29(19)10-17/h5-7,17-18,20,22-25H,8-12H2,1-4H3,(H,27,40)/t17-,18-,20+,22+,23+,24-,25+/m0/s1. The van der Waals surface area contributed by atoms with Crippen molar-refractivity contribution in [3.63, 3.8) is 0 Å². The molecule has 13 nitrogen and oxygen atoms in total. The van der Waals surface area contributed by atoms with E-state index in [1.807, 2.05) is 15.5 Å². The van der Waals surface area contributed by atoms with Gasteiger partial charge in [0.05, 0.1) is 0 Å². The Morgan fingerprint density at radius 1 is 0.925 bits per heavy atom. The summed E-state index contributed by atoms with van der Waals surface area (Å²) >= 11 is 5.74. The molecule has 0 aromatic carbocycles. The minimum absolute atomic E-state index is 0.0288. The van der Waals surface area contributed by atoms with Gasteiger partial charge in [-0.2, -0.15) is 0 Å². The van der Waals surface area contributed by atoms with Gasteiger partial charge in [0.25, 0.3) is 5.56 Å². The van der Waals surface area contributed by atoms with Gasteiger partial charge in [-0.05, 0) is 30.6 Å². The van der Waals surface area contributed by atoms with Crippen LogP contribution in [0, 0.1) is 5.92 Å². The molecule has 3 aliphatic rings. The topological polar surface area (TPSA) is 152 Å². The van der Waals surface area contributed by atoms with Gasteiger partial charge in [-0.3, -0.25) is 24.0 Å². The van der Waals surface area contributed by atoms with Crippen molar-refractivity contribution in [3.05, 3.63) is 34.2 Å². The smallest absolute Gasteiger partial charge is 0.303 e. The number of nitrogens with zero attached hydrogens (tertiary/aromatic N) is 2. The summed E-state index contributed by atoms with van der Waals surface area (Å²) in [6, 6.07) is 5.25. The molecule has 40 heavy (non-hydrogen) atoms. The first-order chi connectivity index (χ1) is 18.9. The molecule has 2 fully saturated rings. The Morgan fingerprint density at radius 3 is 2.23 bits per heavy atom. The molecule has 0 amide bonds. The summed E-state index contributed by atoms with van der Waals surface area (Å²) in [5.74, 6) is -2.46. The molecule has 218 valence electrons. The third-order valence-electron chi connectivity index (χ3n) is 7.02. The van der Waals surface area contributed by atoms with Crippen LogP contribution < -0.4 is 10.9 Å². The van der Waals surface area contributed by atoms with Crippen molar-refractivity contribution in [1.82, 2.24) is 14.8 Å². The minimum atomic E-state index is -1.29. The van der Waals surface area contributed by atoms with E-state index < -0.39 is 54.5 Å². The number of piperidine rings is 1. The van der Waals surface area contributed by atoms with Gasteiger partial charge in [-0.25, -0.2) is 0 Å². The van der Waals surface area contributed by atoms with Crippen LogP contribution in [-0.2, 0) is 49.4 Å². The summed E-state index contributed by atoms with van der Waals surface area (Å²) in [5.41, 5.74) is 0.919. The van der Waals surface area contributed by atoms with Crippen LogP contribution in [0.5, 0.6) is 0 Å². The highest BCUT2D eigenvalue weighted by Gasteiger charge is 2.52. The van der Waals surface area contributed by atoms with E-state index in [1.54, 1.807) is 12.1 Å². The number of esters is 4. The van der Waals surface area contributed by atoms with Gasteiger partial charge in [0, 0.05) is 65.0 Å². The summed E-state index contributed by atoms with van der Waals surface area (Å²) in [7, 11) is 0. The number of ether oxygens (including phenoxy) is 5. The van der Waals surface area contributed by atoms with Gasteiger partial charge in [0.2, 0.25) is 0 Å². The van der Waals surface area contributed by atoms with Crippen LogP contribution in [0.1, 0.15) is 45.7 Å². The average molecular weight is 580 g/mol. The molecule has 1 aromatic rings. The van der Waals surface area contributed by atoms with Gasteiger partial charge < -0.3 is 38.5 Å². The molecule has 0 saturated carbocycles. The number of carbonyl (C=O) groups is 4. The Balaban J connectivity index is 1.59. The summed E-state index contributed by atoms with van der Waals surface area (Å²) in [6.45, 7) is 6.07. The monoisotopic (exact) mass is 579 g/mol. The van der Waals surface area contributed by atoms with E-state index in [1.165, 1.54) is 13.8 Å². The third kappa shape index (κ3) is 6.78. The van der Waals surface area contributed by atoms with Crippen molar-refractivity contribution in [3.8, 4) is 0 Å². The Labute approximate surface area is 236 Å². The maximum atomic E-state index is 12.4. The van der Waals surface area contributed by atoms with E-state index in [2.05, 4.69) is 5.32 Å². The molecule has 3 aliphatic heterocycles. The predicted octanol–water partition coefficient (Wildman–Crippen LogP) is 0.225.